The van der Waals surface area contributed by atoms with Crippen molar-refractivity contribution in [3.8, 4) is 28.4 Å². The van der Waals surface area contributed by atoms with E-state index in [1.165, 1.54) is 12.1 Å². The first-order chi connectivity index (χ1) is 20.5. The minimum atomic E-state index is -5.20. The van der Waals surface area contributed by atoms with Gasteiger partial charge in [0.1, 0.15) is 34.5 Å². The summed E-state index contributed by atoms with van der Waals surface area (Å²) in [6, 6.07) is 8.88. The van der Waals surface area contributed by atoms with Crippen molar-refractivity contribution in [2.24, 2.45) is 0 Å². The van der Waals surface area contributed by atoms with Crippen LogP contribution in [0.25, 0.3) is 11.1 Å². The second-order valence-corrected chi connectivity index (χ2v) is 9.28. The van der Waals surface area contributed by atoms with Gasteiger partial charge in [-0.3, -0.25) is 0 Å². The molecule has 0 N–H and O–H groups in total. The van der Waals surface area contributed by atoms with Gasteiger partial charge in [0.25, 0.3) is 0 Å². The van der Waals surface area contributed by atoms with Gasteiger partial charge in [0.15, 0.2) is 11.6 Å². The zero-order valence-corrected chi connectivity index (χ0v) is 22.2. The fourth-order valence-electron chi connectivity index (χ4n) is 4.12. The van der Waals surface area contributed by atoms with Crippen molar-refractivity contribution in [2.45, 2.75) is 38.3 Å². The lowest BCUT2D eigenvalue weighted by molar-refractivity contribution is -0.275. The first kappa shape index (κ1) is 32.4. The van der Waals surface area contributed by atoms with E-state index in [2.05, 4.69) is 14.2 Å². The molecule has 4 rings (SSSR count). The van der Waals surface area contributed by atoms with Gasteiger partial charge >= 0.3 is 18.6 Å². The Bertz CT molecular complexity index is 1610. The van der Waals surface area contributed by atoms with Gasteiger partial charge < -0.3 is 14.2 Å². The zero-order chi connectivity index (χ0) is 32.4. The highest BCUT2D eigenvalue weighted by Gasteiger charge is 2.42. The summed E-state index contributed by atoms with van der Waals surface area (Å²) in [5, 5.41) is 0. The fraction of sp³-hybridized carbons (Fsp3) is 0.200. The smallest absolute Gasteiger partial charge is 0.429 e. The van der Waals surface area contributed by atoms with Gasteiger partial charge in [-0.1, -0.05) is 31.5 Å². The number of ether oxygens (including phenoxy) is 3. The molecule has 14 heteroatoms. The molecule has 0 aliphatic carbocycles. The monoisotopic (exact) mass is 636 g/mol. The van der Waals surface area contributed by atoms with Gasteiger partial charge in [0, 0.05) is 23.8 Å². The molecule has 234 valence electrons. The molecule has 0 aromatic heterocycles. The molecule has 0 saturated heterocycles. The first-order valence-corrected chi connectivity index (χ1v) is 12.6. The number of aryl methyl sites for hydroxylation is 1. The molecule has 0 spiro atoms. The zero-order valence-electron chi connectivity index (χ0n) is 22.2. The van der Waals surface area contributed by atoms with Gasteiger partial charge in [-0.05, 0) is 53.9 Å². The van der Waals surface area contributed by atoms with E-state index >= 15 is 0 Å². The molecular weight excluding hydrogens is 617 g/mol. The Morgan fingerprint density at radius 2 is 1.16 bits per heavy atom. The third-order valence-corrected chi connectivity index (χ3v) is 6.04. The Morgan fingerprint density at radius 1 is 0.568 bits per heavy atom. The molecular formula is C30H19F11O3. The van der Waals surface area contributed by atoms with Crippen molar-refractivity contribution in [3.05, 3.63) is 113 Å². The lowest BCUT2D eigenvalue weighted by atomic mass is 10.0. The van der Waals surface area contributed by atoms with Crippen LogP contribution in [0, 0.1) is 23.3 Å². The molecule has 0 bridgehead atoms. The minimum Gasteiger partial charge on any atom is -0.429 e. The molecule has 0 fully saturated rings. The quantitative estimate of drug-likeness (QED) is 0.162. The van der Waals surface area contributed by atoms with Crippen LogP contribution in [0.2, 0.25) is 0 Å². The molecule has 0 atom stereocenters. The number of alkyl halides is 7. The molecule has 44 heavy (non-hydrogen) atoms. The Hall–Kier alpha value is -4.49. The van der Waals surface area contributed by atoms with Gasteiger partial charge in [-0.15, -0.1) is 13.2 Å². The van der Waals surface area contributed by atoms with E-state index in [-0.39, 0.29) is 17.7 Å². The Morgan fingerprint density at radius 3 is 1.70 bits per heavy atom. The van der Waals surface area contributed by atoms with Crippen LogP contribution in [-0.4, -0.2) is 6.36 Å². The van der Waals surface area contributed by atoms with E-state index in [0.29, 0.717) is 30.7 Å². The standard InChI is InChI=1S/C30H19F11O3/c1-2-3-16-4-7-18(8-5-16)28(35,36)43-20-14-24(33)27(25(34)15-20)29(37,38)42-19-9-10-21(22(31)13-19)17-6-11-26(23(32)12-17)44-30(39,40)41/h4-15H,2-3H2,1H3. The topological polar surface area (TPSA) is 27.7 Å². The maximum atomic E-state index is 14.8. The van der Waals surface area contributed by atoms with Crippen molar-refractivity contribution in [1.82, 2.24) is 0 Å². The van der Waals surface area contributed by atoms with Crippen molar-refractivity contribution >= 4 is 0 Å². The number of hydrogen-bond donors (Lipinski definition) is 0. The first-order valence-electron chi connectivity index (χ1n) is 12.6. The normalized spacial score (nSPS) is 12.3. The lowest BCUT2D eigenvalue weighted by Crippen LogP contribution is -2.26. The van der Waals surface area contributed by atoms with E-state index < -0.39 is 75.8 Å². The molecule has 0 aliphatic rings. The Labute approximate surface area is 242 Å². The third-order valence-electron chi connectivity index (χ3n) is 6.04. The molecule has 0 unspecified atom stereocenters. The third kappa shape index (κ3) is 7.53. The summed E-state index contributed by atoms with van der Waals surface area (Å²) in [6.45, 7) is 1.89. The van der Waals surface area contributed by atoms with Gasteiger partial charge in [-0.25, -0.2) is 17.6 Å². The lowest BCUT2D eigenvalue weighted by Gasteiger charge is -2.22. The number of rotatable bonds is 10. The van der Waals surface area contributed by atoms with Crippen LogP contribution in [0.4, 0.5) is 48.3 Å². The highest BCUT2D eigenvalue weighted by molar-refractivity contribution is 5.66. The van der Waals surface area contributed by atoms with Crippen molar-refractivity contribution < 1.29 is 62.5 Å². The molecule has 0 aliphatic heterocycles. The highest BCUT2D eigenvalue weighted by Crippen LogP contribution is 2.40. The minimum absolute atomic E-state index is 0.0967. The number of halogens is 11. The molecule has 0 heterocycles. The summed E-state index contributed by atoms with van der Waals surface area (Å²) in [7, 11) is 0. The van der Waals surface area contributed by atoms with Crippen molar-refractivity contribution in [3.63, 3.8) is 0 Å². The SMILES string of the molecule is CCCc1ccc(C(F)(F)Oc2cc(F)c(C(F)(F)Oc3ccc(-c4ccc(OC(F)(F)F)c(F)c4)c(F)c3)c(F)c2)cc1. The Balaban J connectivity index is 1.53. The van der Waals surface area contributed by atoms with E-state index in [9.17, 15) is 48.3 Å². The number of benzene rings is 4. The second kappa shape index (κ2) is 12.2. The summed E-state index contributed by atoms with van der Waals surface area (Å²) in [5.74, 6) is -10.2. The Kier molecular flexibility index (Phi) is 9.03. The molecule has 0 radical (unpaired) electrons. The molecule has 0 amide bonds. The molecule has 4 aromatic carbocycles. The van der Waals surface area contributed by atoms with E-state index in [0.717, 1.165) is 36.2 Å². The maximum absolute atomic E-state index is 14.8. The van der Waals surface area contributed by atoms with E-state index in [1.807, 2.05) is 6.92 Å². The predicted octanol–water partition coefficient (Wildman–Crippen LogP) is 10.0. The predicted molar refractivity (Wildman–Crippen MR) is 134 cm³/mol. The summed E-state index contributed by atoms with van der Waals surface area (Å²) in [6.07, 6.45) is -12.7. The highest BCUT2D eigenvalue weighted by atomic mass is 19.4. The number of hydrogen-bond acceptors (Lipinski definition) is 3. The van der Waals surface area contributed by atoms with Crippen LogP contribution < -0.4 is 14.2 Å². The average Bonchev–Trinajstić information content (AvgIpc) is 2.89. The summed E-state index contributed by atoms with van der Waals surface area (Å²) in [4.78, 5) is 0. The largest absolute Gasteiger partial charge is 0.573 e. The van der Waals surface area contributed by atoms with E-state index in [4.69, 9.17) is 0 Å². The molecule has 0 saturated carbocycles. The fourth-order valence-corrected chi connectivity index (χ4v) is 4.12. The van der Waals surface area contributed by atoms with Crippen molar-refractivity contribution in [2.75, 3.05) is 0 Å². The van der Waals surface area contributed by atoms with Crippen LogP contribution in [0.5, 0.6) is 17.2 Å². The second-order valence-electron chi connectivity index (χ2n) is 9.28. The van der Waals surface area contributed by atoms with Crippen LogP contribution in [0.1, 0.15) is 30.0 Å². The van der Waals surface area contributed by atoms with E-state index in [1.54, 1.807) is 0 Å². The van der Waals surface area contributed by atoms with Gasteiger partial charge in [0.2, 0.25) is 0 Å². The summed E-state index contributed by atoms with van der Waals surface area (Å²) < 4.78 is 166. The van der Waals surface area contributed by atoms with Crippen LogP contribution in [-0.2, 0) is 18.6 Å². The maximum Gasteiger partial charge on any atom is 0.573 e. The van der Waals surface area contributed by atoms with Crippen molar-refractivity contribution in [1.29, 1.82) is 0 Å². The van der Waals surface area contributed by atoms with Gasteiger partial charge in [-0.2, -0.15) is 17.6 Å². The van der Waals surface area contributed by atoms with Crippen LogP contribution in [0.3, 0.4) is 0 Å². The van der Waals surface area contributed by atoms with Crippen LogP contribution in [0.15, 0.2) is 72.8 Å². The van der Waals surface area contributed by atoms with Gasteiger partial charge in [0.05, 0.1) is 5.56 Å². The summed E-state index contributed by atoms with van der Waals surface area (Å²) >= 11 is 0. The summed E-state index contributed by atoms with van der Waals surface area (Å²) in [5.41, 5.74) is -2.67. The van der Waals surface area contributed by atoms with Crippen LogP contribution >= 0.6 is 0 Å². The molecule has 4 aromatic rings. The average molecular weight is 636 g/mol. The molecule has 3 nitrogen and oxygen atoms in total.